The SMILES string of the molecule is CCC(CN)NC(=O)C1C2CC3CC(C2)CC1C3. The highest BCUT2D eigenvalue weighted by Crippen LogP contribution is 2.56. The van der Waals surface area contributed by atoms with Crippen LogP contribution in [0.5, 0.6) is 0 Å². The Morgan fingerprint density at radius 1 is 1.17 bits per heavy atom. The molecule has 4 fully saturated rings. The molecule has 4 saturated carbocycles. The molecule has 3 heteroatoms. The van der Waals surface area contributed by atoms with Gasteiger partial charge in [-0.1, -0.05) is 6.92 Å². The summed E-state index contributed by atoms with van der Waals surface area (Å²) in [6.45, 7) is 2.66. The van der Waals surface area contributed by atoms with Gasteiger partial charge in [0.25, 0.3) is 0 Å². The summed E-state index contributed by atoms with van der Waals surface area (Å²) in [4.78, 5) is 12.5. The molecule has 4 rings (SSSR count). The molecule has 1 unspecified atom stereocenters. The minimum Gasteiger partial charge on any atom is -0.352 e. The first-order chi connectivity index (χ1) is 8.71. The van der Waals surface area contributed by atoms with Crippen molar-refractivity contribution in [3.05, 3.63) is 0 Å². The molecule has 3 N–H and O–H groups in total. The zero-order valence-electron chi connectivity index (χ0n) is 11.4. The van der Waals surface area contributed by atoms with Crippen molar-refractivity contribution in [3.63, 3.8) is 0 Å². The standard InChI is InChI=1S/C15H26N2O/c1-2-13(8-16)17-15(18)14-11-4-9-3-10(6-11)7-12(14)5-9/h9-14H,2-8,16H2,1H3,(H,17,18). The zero-order valence-corrected chi connectivity index (χ0v) is 11.4. The van der Waals surface area contributed by atoms with E-state index < -0.39 is 0 Å². The predicted octanol–water partition coefficient (Wildman–Crippen LogP) is 1.91. The molecule has 0 heterocycles. The summed E-state index contributed by atoms with van der Waals surface area (Å²) in [6, 6.07) is 0.176. The quantitative estimate of drug-likeness (QED) is 0.801. The summed E-state index contributed by atoms with van der Waals surface area (Å²) < 4.78 is 0. The number of nitrogens with two attached hydrogens (primary N) is 1. The summed E-state index contributed by atoms with van der Waals surface area (Å²) in [5.74, 6) is 3.84. The summed E-state index contributed by atoms with van der Waals surface area (Å²) in [6.07, 6.45) is 7.63. The lowest BCUT2D eigenvalue weighted by Crippen LogP contribution is -2.53. The van der Waals surface area contributed by atoms with Gasteiger partial charge in [-0.2, -0.15) is 0 Å². The summed E-state index contributed by atoms with van der Waals surface area (Å²) in [5.41, 5.74) is 5.69. The monoisotopic (exact) mass is 250 g/mol. The van der Waals surface area contributed by atoms with Crippen LogP contribution in [0, 0.1) is 29.6 Å². The van der Waals surface area contributed by atoms with Gasteiger partial charge in [-0.3, -0.25) is 4.79 Å². The minimum absolute atomic E-state index is 0.176. The van der Waals surface area contributed by atoms with Crippen molar-refractivity contribution in [3.8, 4) is 0 Å². The van der Waals surface area contributed by atoms with Gasteiger partial charge in [0.2, 0.25) is 5.91 Å². The van der Waals surface area contributed by atoms with Gasteiger partial charge in [0, 0.05) is 18.5 Å². The molecule has 1 amide bonds. The highest BCUT2D eigenvalue weighted by Gasteiger charge is 2.50. The van der Waals surface area contributed by atoms with E-state index in [4.69, 9.17) is 5.73 Å². The van der Waals surface area contributed by atoms with Gasteiger partial charge in [-0.15, -0.1) is 0 Å². The maximum absolute atomic E-state index is 12.5. The van der Waals surface area contributed by atoms with Crippen molar-refractivity contribution in [1.29, 1.82) is 0 Å². The maximum Gasteiger partial charge on any atom is 0.223 e. The second-order valence-electron chi connectivity index (χ2n) is 6.81. The molecule has 0 aromatic heterocycles. The molecule has 0 aromatic rings. The molecule has 4 aliphatic rings. The topological polar surface area (TPSA) is 55.1 Å². The average molecular weight is 250 g/mol. The molecule has 4 aliphatic carbocycles. The number of carbonyl (C=O) groups excluding carboxylic acids is 1. The first kappa shape index (κ1) is 12.5. The van der Waals surface area contributed by atoms with Crippen LogP contribution in [-0.4, -0.2) is 18.5 Å². The van der Waals surface area contributed by atoms with Crippen LogP contribution in [0.15, 0.2) is 0 Å². The smallest absolute Gasteiger partial charge is 0.223 e. The third-order valence-corrected chi connectivity index (χ3v) is 5.65. The third-order valence-electron chi connectivity index (χ3n) is 5.65. The van der Waals surface area contributed by atoms with Crippen molar-refractivity contribution >= 4 is 5.91 Å². The number of carbonyl (C=O) groups is 1. The number of amides is 1. The fourth-order valence-electron chi connectivity index (χ4n) is 4.98. The van der Waals surface area contributed by atoms with Crippen LogP contribution in [0.2, 0.25) is 0 Å². The van der Waals surface area contributed by atoms with E-state index in [2.05, 4.69) is 12.2 Å². The van der Waals surface area contributed by atoms with Gasteiger partial charge in [0.15, 0.2) is 0 Å². The van der Waals surface area contributed by atoms with E-state index in [1.54, 1.807) is 0 Å². The highest BCUT2D eigenvalue weighted by atomic mass is 16.2. The van der Waals surface area contributed by atoms with E-state index in [9.17, 15) is 4.79 Å². The van der Waals surface area contributed by atoms with E-state index in [1.807, 2.05) is 0 Å². The maximum atomic E-state index is 12.5. The van der Waals surface area contributed by atoms with E-state index in [0.29, 0.717) is 30.2 Å². The third kappa shape index (κ3) is 2.07. The van der Waals surface area contributed by atoms with Crippen LogP contribution < -0.4 is 11.1 Å². The lowest BCUT2D eigenvalue weighted by molar-refractivity contribution is -0.138. The molecule has 102 valence electrons. The highest BCUT2D eigenvalue weighted by molar-refractivity contribution is 5.80. The second-order valence-corrected chi connectivity index (χ2v) is 6.81. The Morgan fingerprint density at radius 3 is 2.17 bits per heavy atom. The average Bonchev–Trinajstić information content (AvgIpc) is 2.34. The van der Waals surface area contributed by atoms with Gasteiger partial charge in [0.1, 0.15) is 0 Å². The molecule has 1 atom stereocenters. The molecule has 18 heavy (non-hydrogen) atoms. The van der Waals surface area contributed by atoms with Gasteiger partial charge in [0.05, 0.1) is 0 Å². The number of hydrogen-bond acceptors (Lipinski definition) is 2. The predicted molar refractivity (Wildman–Crippen MR) is 71.8 cm³/mol. The van der Waals surface area contributed by atoms with E-state index in [-0.39, 0.29) is 6.04 Å². The first-order valence-corrected chi connectivity index (χ1v) is 7.71. The number of nitrogens with one attached hydrogen (secondary N) is 1. The zero-order chi connectivity index (χ0) is 12.7. The van der Waals surface area contributed by atoms with Gasteiger partial charge in [-0.05, 0) is 62.2 Å². The van der Waals surface area contributed by atoms with Crippen LogP contribution in [0.3, 0.4) is 0 Å². The fourth-order valence-corrected chi connectivity index (χ4v) is 4.98. The van der Waals surface area contributed by atoms with Gasteiger partial charge >= 0.3 is 0 Å². The minimum atomic E-state index is 0.176. The van der Waals surface area contributed by atoms with Crippen molar-refractivity contribution in [2.24, 2.45) is 35.3 Å². The molecule has 0 saturated heterocycles. The molecule has 0 aromatic carbocycles. The Kier molecular flexibility index (Phi) is 3.35. The van der Waals surface area contributed by atoms with Crippen molar-refractivity contribution in [2.75, 3.05) is 6.54 Å². The number of hydrogen-bond donors (Lipinski definition) is 2. The molecule has 3 nitrogen and oxygen atoms in total. The van der Waals surface area contributed by atoms with Gasteiger partial charge in [-0.25, -0.2) is 0 Å². The van der Waals surface area contributed by atoms with Crippen LogP contribution in [0.25, 0.3) is 0 Å². The normalized spacial score (nSPS) is 42.9. The molecular formula is C15H26N2O. The van der Waals surface area contributed by atoms with E-state index >= 15 is 0 Å². The lowest BCUT2D eigenvalue weighted by atomic mass is 9.51. The van der Waals surface area contributed by atoms with Gasteiger partial charge < -0.3 is 11.1 Å². The first-order valence-electron chi connectivity index (χ1n) is 7.71. The summed E-state index contributed by atoms with van der Waals surface area (Å²) in [5, 5.41) is 3.18. The Labute approximate surface area is 110 Å². The van der Waals surface area contributed by atoms with Crippen molar-refractivity contribution < 1.29 is 4.79 Å². The summed E-state index contributed by atoms with van der Waals surface area (Å²) >= 11 is 0. The van der Waals surface area contributed by atoms with Crippen LogP contribution >= 0.6 is 0 Å². The molecule has 0 aliphatic heterocycles. The van der Waals surface area contributed by atoms with Crippen LogP contribution in [0.1, 0.15) is 45.4 Å². The largest absolute Gasteiger partial charge is 0.352 e. The Hall–Kier alpha value is -0.570. The van der Waals surface area contributed by atoms with E-state index in [0.717, 1.165) is 18.3 Å². The summed E-state index contributed by atoms with van der Waals surface area (Å²) in [7, 11) is 0. The Balaban J connectivity index is 1.67. The lowest BCUT2D eigenvalue weighted by Gasteiger charge is -2.53. The number of rotatable bonds is 4. The molecule has 4 bridgehead atoms. The van der Waals surface area contributed by atoms with Crippen LogP contribution in [0.4, 0.5) is 0 Å². The van der Waals surface area contributed by atoms with Crippen molar-refractivity contribution in [1.82, 2.24) is 5.32 Å². The van der Waals surface area contributed by atoms with Crippen molar-refractivity contribution in [2.45, 2.75) is 51.5 Å². The Morgan fingerprint density at radius 2 is 1.72 bits per heavy atom. The fraction of sp³-hybridized carbons (Fsp3) is 0.933. The molecule has 0 spiro atoms. The second kappa shape index (κ2) is 4.84. The Bertz CT molecular complexity index is 296. The molecule has 0 radical (unpaired) electrons. The molecular weight excluding hydrogens is 224 g/mol. The van der Waals surface area contributed by atoms with Crippen LogP contribution in [-0.2, 0) is 4.79 Å². The van der Waals surface area contributed by atoms with E-state index in [1.165, 1.54) is 32.1 Å².